The van der Waals surface area contributed by atoms with Gasteiger partial charge in [0.05, 0.1) is 0 Å². The maximum atomic E-state index is 12.4. The van der Waals surface area contributed by atoms with Crippen molar-refractivity contribution in [1.82, 2.24) is 9.80 Å². The zero-order chi connectivity index (χ0) is 15.2. The van der Waals surface area contributed by atoms with Gasteiger partial charge in [0.2, 0.25) is 0 Å². The fourth-order valence-corrected chi connectivity index (χ4v) is 2.79. The van der Waals surface area contributed by atoms with E-state index in [-0.39, 0.29) is 11.8 Å². The van der Waals surface area contributed by atoms with E-state index >= 15 is 0 Å². The van der Waals surface area contributed by atoms with Crippen LogP contribution in [0, 0.1) is 0 Å². The zero-order valence-electron chi connectivity index (χ0n) is 13.0. The molecule has 114 valence electrons. The van der Waals surface area contributed by atoms with Gasteiger partial charge in [-0.05, 0) is 30.4 Å². The second-order valence-corrected chi connectivity index (χ2v) is 5.54. The number of fused-ring (bicyclic) bond motifs is 1. The zero-order valence-corrected chi connectivity index (χ0v) is 13.0. The standard InChI is InChI=1S/C17H24N2O2/c1-3-10-18(11-4-2)16(20)17(21)19-12-9-14-7-5-6-8-15(14)13-19/h5-8H,3-4,9-13H2,1-2H3. The van der Waals surface area contributed by atoms with Crippen molar-refractivity contribution in [3.8, 4) is 0 Å². The van der Waals surface area contributed by atoms with Crippen LogP contribution in [0.1, 0.15) is 37.8 Å². The fourth-order valence-electron chi connectivity index (χ4n) is 2.79. The van der Waals surface area contributed by atoms with E-state index in [1.807, 2.05) is 32.0 Å². The largest absolute Gasteiger partial charge is 0.334 e. The molecule has 0 aliphatic carbocycles. The summed E-state index contributed by atoms with van der Waals surface area (Å²) in [6.45, 7) is 6.54. The van der Waals surface area contributed by atoms with E-state index in [9.17, 15) is 9.59 Å². The molecule has 0 unspecified atom stereocenters. The predicted octanol–water partition coefficient (Wildman–Crippen LogP) is 2.22. The lowest BCUT2D eigenvalue weighted by Gasteiger charge is -2.30. The first-order valence-electron chi connectivity index (χ1n) is 7.82. The Kier molecular flexibility index (Phi) is 5.37. The van der Waals surface area contributed by atoms with Gasteiger partial charge in [-0.2, -0.15) is 0 Å². The second kappa shape index (κ2) is 7.25. The number of hydrogen-bond donors (Lipinski definition) is 0. The first-order valence-corrected chi connectivity index (χ1v) is 7.82. The summed E-state index contributed by atoms with van der Waals surface area (Å²) in [4.78, 5) is 28.2. The molecule has 1 aromatic rings. The van der Waals surface area contributed by atoms with E-state index in [4.69, 9.17) is 0 Å². The Hall–Kier alpha value is -1.84. The molecule has 0 fully saturated rings. The topological polar surface area (TPSA) is 40.6 Å². The van der Waals surface area contributed by atoms with Gasteiger partial charge < -0.3 is 9.80 Å². The fraction of sp³-hybridized carbons (Fsp3) is 0.529. The molecule has 0 radical (unpaired) electrons. The predicted molar refractivity (Wildman–Crippen MR) is 82.7 cm³/mol. The van der Waals surface area contributed by atoms with Crippen LogP contribution in [0.5, 0.6) is 0 Å². The van der Waals surface area contributed by atoms with Gasteiger partial charge in [-0.1, -0.05) is 38.1 Å². The van der Waals surface area contributed by atoms with Crippen LogP contribution >= 0.6 is 0 Å². The Balaban J connectivity index is 2.05. The molecular weight excluding hydrogens is 264 g/mol. The SMILES string of the molecule is CCCN(CCC)C(=O)C(=O)N1CCc2ccccc2C1. The quantitative estimate of drug-likeness (QED) is 0.797. The van der Waals surface area contributed by atoms with Crippen molar-refractivity contribution >= 4 is 11.8 Å². The van der Waals surface area contributed by atoms with E-state index in [2.05, 4.69) is 6.07 Å². The van der Waals surface area contributed by atoms with Crippen LogP contribution in [-0.2, 0) is 22.6 Å². The van der Waals surface area contributed by atoms with Gasteiger partial charge in [0.1, 0.15) is 0 Å². The number of carbonyl (C=O) groups excluding carboxylic acids is 2. The molecule has 0 N–H and O–H groups in total. The van der Waals surface area contributed by atoms with Crippen molar-refractivity contribution in [3.63, 3.8) is 0 Å². The average Bonchev–Trinajstić information content (AvgIpc) is 2.53. The molecule has 1 heterocycles. The lowest BCUT2D eigenvalue weighted by atomic mass is 10.00. The number of hydrogen-bond acceptors (Lipinski definition) is 2. The van der Waals surface area contributed by atoms with Gasteiger partial charge >= 0.3 is 11.8 Å². The van der Waals surface area contributed by atoms with Crippen LogP contribution in [0.25, 0.3) is 0 Å². The summed E-state index contributed by atoms with van der Waals surface area (Å²) in [6.07, 6.45) is 2.58. The van der Waals surface area contributed by atoms with E-state index in [1.165, 1.54) is 5.56 Å². The van der Waals surface area contributed by atoms with Crippen LogP contribution in [0.3, 0.4) is 0 Å². The lowest BCUT2D eigenvalue weighted by Crippen LogP contribution is -2.47. The van der Waals surface area contributed by atoms with Crippen molar-refractivity contribution in [3.05, 3.63) is 35.4 Å². The van der Waals surface area contributed by atoms with Crippen LogP contribution in [0.2, 0.25) is 0 Å². The van der Waals surface area contributed by atoms with Gasteiger partial charge in [-0.15, -0.1) is 0 Å². The summed E-state index contributed by atoms with van der Waals surface area (Å²) >= 11 is 0. The highest BCUT2D eigenvalue weighted by Gasteiger charge is 2.28. The maximum absolute atomic E-state index is 12.4. The van der Waals surface area contributed by atoms with Crippen molar-refractivity contribution in [2.75, 3.05) is 19.6 Å². The average molecular weight is 288 g/mol. The molecule has 0 aromatic heterocycles. The molecule has 0 bridgehead atoms. The third-order valence-electron chi connectivity index (χ3n) is 3.88. The van der Waals surface area contributed by atoms with E-state index < -0.39 is 0 Å². The molecule has 0 saturated heterocycles. The molecular formula is C17H24N2O2. The number of rotatable bonds is 4. The number of amides is 2. The first-order chi connectivity index (χ1) is 10.2. The third kappa shape index (κ3) is 3.63. The maximum Gasteiger partial charge on any atom is 0.312 e. The van der Waals surface area contributed by atoms with Gasteiger partial charge in [-0.25, -0.2) is 0 Å². The summed E-state index contributed by atoms with van der Waals surface area (Å²) in [7, 11) is 0. The smallest absolute Gasteiger partial charge is 0.312 e. The summed E-state index contributed by atoms with van der Waals surface area (Å²) < 4.78 is 0. The molecule has 2 amide bonds. The summed E-state index contributed by atoms with van der Waals surface area (Å²) in [6, 6.07) is 8.13. The number of carbonyl (C=O) groups is 2. The highest BCUT2D eigenvalue weighted by molar-refractivity contribution is 6.34. The summed E-state index contributed by atoms with van der Waals surface area (Å²) in [5, 5.41) is 0. The molecule has 4 heteroatoms. The van der Waals surface area contributed by atoms with E-state index in [1.54, 1.807) is 9.80 Å². The molecule has 1 aromatic carbocycles. The molecule has 21 heavy (non-hydrogen) atoms. The Morgan fingerprint density at radius 3 is 2.33 bits per heavy atom. The van der Waals surface area contributed by atoms with Gasteiger partial charge in [0, 0.05) is 26.2 Å². The van der Waals surface area contributed by atoms with E-state index in [0.29, 0.717) is 26.2 Å². The van der Waals surface area contributed by atoms with Crippen LogP contribution < -0.4 is 0 Å². The minimum atomic E-state index is -0.355. The highest BCUT2D eigenvalue weighted by atomic mass is 16.2. The normalized spacial score (nSPS) is 13.7. The molecule has 1 aliphatic rings. The summed E-state index contributed by atoms with van der Waals surface area (Å²) in [5.41, 5.74) is 2.44. The molecule has 1 aliphatic heterocycles. The van der Waals surface area contributed by atoms with Crippen LogP contribution in [0.4, 0.5) is 0 Å². The Labute approximate surface area is 126 Å². The second-order valence-electron chi connectivity index (χ2n) is 5.54. The van der Waals surface area contributed by atoms with Crippen LogP contribution in [-0.4, -0.2) is 41.2 Å². The minimum Gasteiger partial charge on any atom is -0.334 e. The Bertz CT molecular complexity index is 507. The molecule has 0 saturated carbocycles. The third-order valence-corrected chi connectivity index (χ3v) is 3.88. The molecule has 0 atom stereocenters. The molecule has 0 spiro atoms. The Morgan fingerprint density at radius 2 is 1.71 bits per heavy atom. The van der Waals surface area contributed by atoms with E-state index in [0.717, 1.165) is 24.8 Å². The Morgan fingerprint density at radius 1 is 1.10 bits per heavy atom. The summed E-state index contributed by atoms with van der Waals surface area (Å²) in [5.74, 6) is -0.704. The highest BCUT2D eigenvalue weighted by Crippen LogP contribution is 2.18. The van der Waals surface area contributed by atoms with Gasteiger partial charge in [0.25, 0.3) is 0 Å². The monoisotopic (exact) mass is 288 g/mol. The van der Waals surface area contributed by atoms with Gasteiger partial charge in [-0.3, -0.25) is 9.59 Å². The van der Waals surface area contributed by atoms with Crippen molar-refractivity contribution < 1.29 is 9.59 Å². The van der Waals surface area contributed by atoms with Crippen molar-refractivity contribution in [1.29, 1.82) is 0 Å². The van der Waals surface area contributed by atoms with Crippen molar-refractivity contribution in [2.24, 2.45) is 0 Å². The van der Waals surface area contributed by atoms with Crippen LogP contribution in [0.15, 0.2) is 24.3 Å². The number of benzene rings is 1. The lowest BCUT2D eigenvalue weighted by molar-refractivity contribution is -0.152. The van der Waals surface area contributed by atoms with Crippen molar-refractivity contribution in [2.45, 2.75) is 39.7 Å². The van der Waals surface area contributed by atoms with Gasteiger partial charge in [0.15, 0.2) is 0 Å². The minimum absolute atomic E-state index is 0.349. The number of nitrogens with zero attached hydrogens (tertiary/aromatic N) is 2. The molecule has 4 nitrogen and oxygen atoms in total. The molecule has 2 rings (SSSR count). The first kappa shape index (κ1) is 15.5.